The van der Waals surface area contributed by atoms with Gasteiger partial charge in [0.2, 0.25) is 0 Å². The molecule has 0 aromatic rings. The Balaban J connectivity index is 3.47. The van der Waals surface area contributed by atoms with Crippen LogP contribution in [-0.4, -0.2) is 36.4 Å². The van der Waals surface area contributed by atoms with Gasteiger partial charge in [0.05, 0.1) is 6.61 Å². The molecule has 0 aromatic heterocycles. The van der Waals surface area contributed by atoms with Gasteiger partial charge < -0.3 is 14.6 Å². The molecule has 1 N–H and O–H groups in total. The molecule has 5 nitrogen and oxygen atoms in total. The second-order valence-electron chi connectivity index (χ2n) is 22.1. The number of aliphatic hydroxyl groups excluding tert-OH is 1. The van der Waals surface area contributed by atoms with Crippen molar-refractivity contribution in [3.05, 3.63) is 134 Å². The van der Waals surface area contributed by atoms with Crippen molar-refractivity contribution in [2.24, 2.45) is 0 Å². The van der Waals surface area contributed by atoms with Gasteiger partial charge in [-0.25, -0.2) is 0 Å². The van der Waals surface area contributed by atoms with Crippen LogP contribution in [0.5, 0.6) is 0 Å². The van der Waals surface area contributed by atoms with Crippen molar-refractivity contribution in [2.75, 3.05) is 13.2 Å². The molecule has 0 fully saturated rings. The Bertz CT molecular complexity index is 1630. The average molecular weight is 1110 g/mol. The third kappa shape index (κ3) is 66.6. The van der Waals surface area contributed by atoms with Gasteiger partial charge in [-0.2, -0.15) is 0 Å². The zero-order chi connectivity index (χ0) is 57.6. The molecular formula is C75H126O5. The van der Waals surface area contributed by atoms with Crippen molar-refractivity contribution < 1.29 is 24.2 Å². The summed E-state index contributed by atoms with van der Waals surface area (Å²) in [5.74, 6) is -0.588. The summed E-state index contributed by atoms with van der Waals surface area (Å²) in [5, 5.41) is 9.70. The summed E-state index contributed by atoms with van der Waals surface area (Å²) in [7, 11) is 0. The lowest BCUT2D eigenvalue weighted by atomic mass is 10.0. The summed E-state index contributed by atoms with van der Waals surface area (Å²) >= 11 is 0. The Morgan fingerprint density at radius 1 is 0.287 bits per heavy atom. The van der Waals surface area contributed by atoms with Crippen molar-refractivity contribution in [3.8, 4) is 0 Å². The molecule has 1 atom stereocenters. The molecule has 0 aliphatic heterocycles. The van der Waals surface area contributed by atoms with Gasteiger partial charge in [0.15, 0.2) is 6.10 Å². The van der Waals surface area contributed by atoms with Crippen LogP contribution in [0.25, 0.3) is 0 Å². The van der Waals surface area contributed by atoms with Gasteiger partial charge in [-0.05, 0) is 109 Å². The molecule has 0 aliphatic rings. The van der Waals surface area contributed by atoms with Crippen LogP contribution in [0, 0.1) is 0 Å². The highest BCUT2D eigenvalue weighted by atomic mass is 16.6. The van der Waals surface area contributed by atoms with Crippen molar-refractivity contribution in [3.63, 3.8) is 0 Å². The van der Waals surface area contributed by atoms with E-state index >= 15 is 0 Å². The van der Waals surface area contributed by atoms with Gasteiger partial charge in [0.25, 0.3) is 0 Å². The molecule has 0 radical (unpaired) electrons. The minimum Gasteiger partial charge on any atom is -0.462 e. The van der Waals surface area contributed by atoms with Gasteiger partial charge in [0.1, 0.15) is 6.61 Å². The number of hydrogen-bond donors (Lipinski definition) is 1. The Morgan fingerprint density at radius 3 is 0.750 bits per heavy atom. The summed E-state index contributed by atoms with van der Waals surface area (Å²) in [6.45, 7) is 3.93. The number of carbonyl (C=O) groups excluding carboxylic acids is 2. The zero-order valence-corrected chi connectivity index (χ0v) is 52.3. The first-order chi connectivity index (χ1) is 39.6. The lowest BCUT2D eigenvalue weighted by Gasteiger charge is -2.15. The number of carbonyl (C=O) groups is 2. The molecular weight excluding hydrogens is 981 g/mol. The van der Waals surface area contributed by atoms with Gasteiger partial charge >= 0.3 is 11.9 Å². The first-order valence-corrected chi connectivity index (χ1v) is 33.7. The Kier molecular flexibility index (Phi) is 65.9. The van der Waals surface area contributed by atoms with Gasteiger partial charge in [-0.15, -0.1) is 0 Å². The van der Waals surface area contributed by atoms with E-state index in [-0.39, 0.29) is 25.2 Å². The minimum absolute atomic E-state index is 0.0705. The van der Waals surface area contributed by atoms with Crippen LogP contribution >= 0.6 is 0 Å². The molecule has 5 heteroatoms. The molecule has 0 bridgehead atoms. The quantitative estimate of drug-likeness (QED) is 0.0373. The van der Waals surface area contributed by atoms with E-state index in [0.717, 1.165) is 109 Å². The number of aliphatic hydroxyl groups is 1. The smallest absolute Gasteiger partial charge is 0.306 e. The minimum atomic E-state index is -0.781. The third-order valence-corrected chi connectivity index (χ3v) is 14.4. The summed E-state index contributed by atoms with van der Waals surface area (Å²) < 4.78 is 10.7. The maximum Gasteiger partial charge on any atom is 0.306 e. The highest BCUT2D eigenvalue weighted by Gasteiger charge is 2.16. The molecule has 0 heterocycles. The van der Waals surface area contributed by atoms with E-state index in [1.807, 2.05) is 0 Å². The van der Waals surface area contributed by atoms with Crippen LogP contribution < -0.4 is 0 Å². The van der Waals surface area contributed by atoms with E-state index in [1.165, 1.54) is 173 Å². The maximum absolute atomic E-state index is 12.4. The maximum atomic E-state index is 12.4. The molecule has 1 unspecified atom stereocenters. The zero-order valence-electron chi connectivity index (χ0n) is 52.3. The monoisotopic (exact) mass is 1110 g/mol. The number of hydrogen-bond acceptors (Lipinski definition) is 5. The van der Waals surface area contributed by atoms with Crippen LogP contribution in [0.15, 0.2) is 134 Å². The van der Waals surface area contributed by atoms with Crippen LogP contribution in [0.4, 0.5) is 0 Å². The third-order valence-electron chi connectivity index (χ3n) is 14.4. The molecule has 0 aromatic carbocycles. The fraction of sp³-hybridized carbons (Fsp3) is 0.680. The van der Waals surface area contributed by atoms with Crippen LogP contribution in [0.2, 0.25) is 0 Å². The SMILES string of the molecule is CC/C=C\C/C=C\C/C=C\C/C=C\C/C=C\C/C=C\CCCCCCCCCCCCCCCCCCCCCCC(=O)OC(CO)COC(=O)CCCCCCCCCCCCC/C=C\C/C=C\C/C=C\C/C=C\C/C=C\CC. The molecule has 0 aliphatic carbocycles. The topological polar surface area (TPSA) is 72.8 Å². The summed E-state index contributed by atoms with van der Waals surface area (Å²) in [4.78, 5) is 24.6. The second kappa shape index (κ2) is 69.3. The van der Waals surface area contributed by atoms with E-state index in [2.05, 4.69) is 148 Å². The van der Waals surface area contributed by atoms with E-state index in [0.29, 0.717) is 12.8 Å². The number of allylic oxidation sites excluding steroid dienone is 22. The average Bonchev–Trinajstić information content (AvgIpc) is 3.46. The largest absolute Gasteiger partial charge is 0.462 e. The number of rotatable bonds is 61. The molecule has 0 amide bonds. The molecule has 0 rings (SSSR count). The van der Waals surface area contributed by atoms with Crippen LogP contribution in [-0.2, 0) is 19.1 Å². The van der Waals surface area contributed by atoms with Crippen LogP contribution in [0.3, 0.4) is 0 Å². The van der Waals surface area contributed by atoms with Crippen molar-refractivity contribution in [2.45, 2.75) is 315 Å². The van der Waals surface area contributed by atoms with Gasteiger partial charge in [-0.1, -0.05) is 321 Å². The Labute approximate surface area is 496 Å². The van der Waals surface area contributed by atoms with Crippen LogP contribution in [0.1, 0.15) is 309 Å². The van der Waals surface area contributed by atoms with Gasteiger partial charge in [0, 0.05) is 12.8 Å². The van der Waals surface area contributed by atoms with Crippen molar-refractivity contribution in [1.29, 1.82) is 0 Å². The molecule has 456 valence electrons. The number of ether oxygens (including phenoxy) is 2. The number of esters is 2. The lowest BCUT2D eigenvalue weighted by Crippen LogP contribution is -2.28. The van der Waals surface area contributed by atoms with Gasteiger partial charge in [-0.3, -0.25) is 9.59 Å². The van der Waals surface area contributed by atoms with E-state index in [1.54, 1.807) is 0 Å². The summed E-state index contributed by atoms with van der Waals surface area (Å²) in [6.07, 6.45) is 103. The molecule has 0 spiro atoms. The first-order valence-electron chi connectivity index (χ1n) is 33.7. The first kappa shape index (κ1) is 76.0. The number of unbranched alkanes of at least 4 members (excludes halogenated alkanes) is 31. The van der Waals surface area contributed by atoms with Crippen molar-refractivity contribution in [1.82, 2.24) is 0 Å². The predicted molar refractivity (Wildman–Crippen MR) is 352 cm³/mol. The summed E-state index contributed by atoms with van der Waals surface area (Å²) in [6, 6.07) is 0. The Morgan fingerprint density at radius 2 is 0.500 bits per heavy atom. The molecule has 0 saturated carbocycles. The fourth-order valence-corrected chi connectivity index (χ4v) is 9.47. The standard InChI is InChI=1S/C75H126O5/c1-3-5-7-9-11-13-15-17-19-21-23-25-27-29-31-32-33-34-35-36-37-38-39-40-41-42-44-46-48-50-52-54-56-58-60-62-64-66-68-70-75(78)80-73(71-76)72-79-74(77)69-67-65-63-61-59-57-55-53-51-49-47-45-43-30-28-26-24-22-20-18-16-14-12-10-8-6-4-2/h5-8,11-14,17-20,23-26,29-31,33-34,43,73,76H,3-4,9-10,15-16,21-22,27-28,32,35-42,44-72H2,1-2H3/b7-5-,8-6-,13-11-,14-12-,19-17-,20-18-,25-23-,26-24-,31-29-,34-33-,43-30-. The Hall–Kier alpha value is -3.96. The second-order valence-corrected chi connectivity index (χ2v) is 22.1. The molecule has 0 saturated heterocycles. The van der Waals surface area contributed by atoms with E-state index in [4.69, 9.17) is 9.47 Å². The van der Waals surface area contributed by atoms with Crippen molar-refractivity contribution >= 4 is 11.9 Å². The predicted octanol–water partition coefficient (Wildman–Crippen LogP) is 23.5. The highest BCUT2D eigenvalue weighted by Crippen LogP contribution is 2.17. The normalized spacial score (nSPS) is 13.1. The summed E-state index contributed by atoms with van der Waals surface area (Å²) in [5.41, 5.74) is 0. The lowest BCUT2D eigenvalue weighted by molar-refractivity contribution is -0.161. The van der Waals surface area contributed by atoms with E-state index < -0.39 is 6.10 Å². The molecule has 80 heavy (non-hydrogen) atoms. The van der Waals surface area contributed by atoms with E-state index in [9.17, 15) is 14.7 Å². The highest BCUT2D eigenvalue weighted by molar-refractivity contribution is 5.70. The fourth-order valence-electron chi connectivity index (χ4n) is 9.47.